The number of ether oxygens (including phenoxy) is 1. The molecule has 2 aliphatic carbocycles. The lowest BCUT2D eigenvalue weighted by Gasteiger charge is -2.59. The Morgan fingerprint density at radius 2 is 1.90 bits per heavy atom. The molecule has 1 atom stereocenters. The van der Waals surface area contributed by atoms with Crippen LogP contribution in [0.4, 0.5) is 5.82 Å². The zero-order valence-corrected chi connectivity index (χ0v) is 23.2. The Hall–Kier alpha value is -3.88. The summed E-state index contributed by atoms with van der Waals surface area (Å²) in [6.45, 7) is 5.86. The SMILES string of the molecule is COC(=O)C(c1cc(N2CC3(CC(c4cc5nnc(-c6ccccc6O)cc5n4C4CCC4)C3)C2)no1)C(C)C. The lowest BCUT2D eigenvalue weighted by molar-refractivity contribution is -0.144. The first-order valence-corrected chi connectivity index (χ1v) is 14.3. The van der Waals surface area contributed by atoms with Crippen LogP contribution in [0, 0.1) is 11.3 Å². The van der Waals surface area contributed by atoms with Gasteiger partial charge in [-0.05, 0) is 62.3 Å². The van der Waals surface area contributed by atoms with E-state index < -0.39 is 5.92 Å². The fourth-order valence-corrected chi connectivity index (χ4v) is 7.02. The predicted molar refractivity (Wildman–Crippen MR) is 150 cm³/mol. The fraction of sp³-hybridized carbons (Fsp3) is 0.484. The minimum Gasteiger partial charge on any atom is -0.507 e. The Kier molecular flexibility index (Phi) is 5.87. The van der Waals surface area contributed by atoms with E-state index >= 15 is 0 Å². The highest BCUT2D eigenvalue weighted by molar-refractivity contribution is 5.82. The van der Waals surface area contributed by atoms with Crippen molar-refractivity contribution in [1.82, 2.24) is 19.9 Å². The molecule has 1 unspecified atom stereocenters. The summed E-state index contributed by atoms with van der Waals surface area (Å²) in [4.78, 5) is 14.5. The van der Waals surface area contributed by atoms with Crippen LogP contribution in [0.2, 0.25) is 0 Å². The van der Waals surface area contributed by atoms with Crippen LogP contribution in [0.3, 0.4) is 0 Å². The molecule has 1 spiro atoms. The number of carbonyl (C=O) groups excluding carboxylic acids is 1. The molecule has 208 valence electrons. The number of phenolic OH excluding ortho intramolecular Hbond substituents is 1. The van der Waals surface area contributed by atoms with Gasteiger partial charge in [0.05, 0.1) is 18.3 Å². The van der Waals surface area contributed by atoms with Crippen LogP contribution < -0.4 is 4.90 Å². The van der Waals surface area contributed by atoms with Gasteiger partial charge in [-0.3, -0.25) is 4.79 Å². The average molecular weight is 542 g/mol. The molecule has 1 saturated heterocycles. The summed E-state index contributed by atoms with van der Waals surface area (Å²) in [5, 5.41) is 23.7. The molecule has 3 fully saturated rings. The number of nitrogens with zero attached hydrogens (tertiary/aromatic N) is 5. The summed E-state index contributed by atoms with van der Waals surface area (Å²) in [7, 11) is 1.41. The minimum atomic E-state index is -0.447. The maximum Gasteiger partial charge on any atom is 0.316 e. The molecule has 4 aromatic rings. The first kappa shape index (κ1) is 25.1. The van der Waals surface area contributed by atoms with E-state index in [-0.39, 0.29) is 23.1 Å². The Morgan fingerprint density at radius 3 is 2.58 bits per heavy atom. The Labute approximate surface area is 233 Å². The van der Waals surface area contributed by atoms with E-state index in [1.54, 1.807) is 6.07 Å². The van der Waals surface area contributed by atoms with Gasteiger partial charge in [0.2, 0.25) is 0 Å². The zero-order chi connectivity index (χ0) is 27.6. The van der Waals surface area contributed by atoms with Gasteiger partial charge < -0.3 is 23.8 Å². The quantitative estimate of drug-likeness (QED) is 0.292. The van der Waals surface area contributed by atoms with Crippen molar-refractivity contribution in [2.75, 3.05) is 25.1 Å². The van der Waals surface area contributed by atoms with Gasteiger partial charge in [-0.15, -0.1) is 10.2 Å². The van der Waals surface area contributed by atoms with Gasteiger partial charge in [-0.1, -0.05) is 31.1 Å². The number of phenols is 1. The summed E-state index contributed by atoms with van der Waals surface area (Å²) < 4.78 is 13.1. The van der Waals surface area contributed by atoms with Crippen LogP contribution in [0.1, 0.15) is 75.3 Å². The molecular formula is C31H35N5O4. The minimum absolute atomic E-state index is 0.0601. The molecule has 1 N–H and O–H groups in total. The van der Waals surface area contributed by atoms with Crippen LogP contribution in [0.15, 0.2) is 47.0 Å². The predicted octanol–water partition coefficient (Wildman–Crippen LogP) is 5.81. The second kappa shape index (κ2) is 9.35. The van der Waals surface area contributed by atoms with Crippen molar-refractivity contribution >= 4 is 22.8 Å². The molecule has 1 aromatic carbocycles. The van der Waals surface area contributed by atoms with Gasteiger partial charge in [-0.25, -0.2) is 0 Å². The molecule has 1 aliphatic heterocycles. The van der Waals surface area contributed by atoms with Crippen molar-refractivity contribution in [3.05, 3.63) is 53.9 Å². The number of anilines is 1. The van der Waals surface area contributed by atoms with E-state index in [0.29, 0.717) is 29.0 Å². The van der Waals surface area contributed by atoms with E-state index in [1.807, 2.05) is 38.1 Å². The maximum atomic E-state index is 12.3. The Balaban J connectivity index is 1.09. The molecule has 9 heteroatoms. The van der Waals surface area contributed by atoms with E-state index in [2.05, 4.69) is 37.0 Å². The molecule has 40 heavy (non-hydrogen) atoms. The van der Waals surface area contributed by atoms with Crippen molar-refractivity contribution in [1.29, 1.82) is 0 Å². The number of aromatic nitrogens is 4. The average Bonchev–Trinajstić information content (AvgIpc) is 3.47. The summed E-state index contributed by atoms with van der Waals surface area (Å²) in [5.74, 6) is 1.40. The molecule has 9 nitrogen and oxygen atoms in total. The lowest BCUT2D eigenvalue weighted by Crippen LogP contribution is -2.62. The van der Waals surface area contributed by atoms with Gasteiger partial charge >= 0.3 is 5.97 Å². The zero-order valence-electron chi connectivity index (χ0n) is 23.2. The van der Waals surface area contributed by atoms with E-state index in [4.69, 9.17) is 9.26 Å². The lowest BCUT2D eigenvalue weighted by atomic mass is 9.57. The second-order valence-electron chi connectivity index (χ2n) is 12.3. The van der Waals surface area contributed by atoms with Crippen LogP contribution in [-0.4, -0.2) is 51.2 Å². The number of hydrogen-bond acceptors (Lipinski definition) is 8. The summed E-state index contributed by atoms with van der Waals surface area (Å²) >= 11 is 0. The first-order chi connectivity index (χ1) is 19.4. The molecule has 3 aromatic heterocycles. The highest BCUT2D eigenvalue weighted by Gasteiger charge is 2.54. The molecule has 0 radical (unpaired) electrons. The van der Waals surface area contributed by atoms with Gasteiger partial charge in [0, 0.05) is 47.8 Å². The largest absolute Gasteiger partial charge is 0.507 e. The smallest absolute Gasteiger partial charge is 0.316 e. The van der Waals surface area contributed by atoms with Crippen LogP contribution in [0.5, 0.6) is 5.75 Å². The molecule has 4 heterocycles. The molecule has 2 saturated carbocycles. The number of esters is 1. The Bertz CT molecular complexity index is 1570. The highest BCUT2D eigenvalue weighted by Crippen LogP contribution is 2.58. The number of rotatable bonds is 7. The second-order valence-corrected chi connectivity index (χ2v) is 12.3. The number of benzene rings is 1. The summed E-state index contributed by atoms with van der Waals surface area (Å²) in [6.07, 6.45) is 5.90. The monoisotopic (exact) mass is 541 g/mol. The number of aromatic hydroxyl groups is 1. The van der Waals surface area contributed by atoms with E-state index in [9.17, 15) is 9.90 Å². The molecule has 0 bridgehead atoms. The van der Waals surface area contributed by atoms with Crippen LogP contribution >= 0.6 is 0 Å². The van der Waals surface area contributed by atoms with Gasteiger partial charge in [0.25, 0.3) is 0 Å². The number of fused-ring (bicyclic) bond motifs is 1. The molecule has 7 rings (SSSR count). The summed E-state index contributed by atoms with van der Waals surface area (Å²) in [5.41, 5.74) is 5.11. The standard InChI is InChI=1S/C31H35N5O4/c1-18(2)29(30(38)39-3)27-13-28(34-40-27)35-16-31(17-35)14-19(15-31)24-12-23-25(36(24)20-7-6-8-20)11-22(32-33-23)21-9-4-5-10-26(21)37/h4-5,9-13,18-20,29,37H,6-8,14-17H2,1-3H3. The van der Waals surface area contributed by atoms with Crippen molar-refractivity contribution in [2.24, 2.45) is 11.3 Å². The van der Waals surface area contributed by atoms with Crippen LogP contribution in [0.25, 0.3) is 22.3 Å². The van der Waals surface area contributed by atoms with E-state index in [0.717, 1.165) is 42.8 Å². The van der Waals surface area contributed by atoms with E-state index in [1.165, 1.54) is 32.1 Å². The molecular weight excluding hydrogens is 506 g/mol. The first-order valence-electron chi connectivity index (χ1n) is 14.3. The highest BCUT2D eigenvalue weighted by atomic mass is 16.5. The third kappa shape index (κ3) is 3.97. The van der Waals surface area contributed by atoms with Crippen LogP contribution in [-0.2, 0) is 9.53 Å². The molecule has 0 amide bonds. The summed E-state index contributed by atoms with van der Waals surface area (Å²) in [6, 6.07) is 14.0. The topological polar surface area (TPSA) is 107 Å². The number of carbonyl (C=O) groups is 1. The van der Waals surface area contributed by atoms with Gasteiger partial charge in [0.1, 0.15) is 17.2 Å². The fourth-order valence-electron chi connectivity index (χ4n) is 7.02. The third-order valence-electron chi connectivity index (χ3n) is 9.34. The van der Waals surface area contributed by atoms with Crippen molar-refractivity contribution in [3.8, 4) is 17.0 Å². The van der Waals surface area contributed by atoms with Crippen molar-refractivity contribution in [3.63, 3.8) is 0 Å². The third-order valence-corrected chi connectivity index (χ3v) is 9.34. The van der Waals surface area contributed by atoms with Crippen molar-refractivity contribution in [2.45, 2.75) is 63.8 Å². The number of methoxy groups -OCH3 is 1. The normalized spacial score (nSPS) is 19.4. The molecule has 3 aliphatic rings. The number of para-hydroxylation sites is 1. The maximum absolute atomic E-state index is 12.3. The van der Waals surface area contributed by atoms with Gasteiger partial charge in [0.15, 0.2) is 11.6 Å². The Morgan fingerprint density at radius 1 is 1.12 bits per heavy atom. The van der Waals surface area contributed by atoms with Gasteiger partial charge in [-0.2, -0.15) is 0 Å². The van der Waals surface area contributed by atoms with Crippen molar-refractivity contribution < 1.29 is 19.2 Å². The number of hydrogen-bond donors (Lipinski definition) is 1.